The van der Waals surface area contributed by atoms with Crippen LogP contribution in [0.25, 0.3) is 0 Å². The molecule has 0 aliphatic rings. The molecule has 0 radical (unpaired) electrons. The van der Waals surface area contributed by atoms with Crippen molar-refractivity contribution in [2.24, 2.45) is 16.5 Å². The number of rotatable bonds is 11. The minimum absolute atomic E-state index is 0.0741. The first-order valence-corrected chi connectivity index (χ1v) is 9.69. The zero-order valence-corrected chi connectivity index (χ0v) is 15.8. The van der Waals surface area contributed by atoms with Crippen molar-refractivity contribution in [3.8, 4) is 0 Å². The van der Waals surface area contributed by atoms with Crippen LogP contribution in [0.5, 0.6) is 0 Å². The summed E-state index contributed by atoms with van der Waals surface area (Å²) in [5, 5.41) is 28.4. The molecule has 0 spiro atoms. The number of hydrogen-bond donors (Lipinski definition) is 5. The highest BCUT2D eigenvalue weighted by Gasteiger charge is 2.36. The zero-order valence-electron chi connectivity index (χ0n) is 15.0. The van der Waals surface area contributed by atoms with Crippen molar-refractivity contribution in [3.05, 3.63) is 29.8 Å². The number of nitrogens with two attached hydrogens (primary N) is 2. The number of guanidine groups is 1. The van der Waals surface area contributed by atoms with Gasteiger partial charge in [0.25, 0.3) is 0 Å². The summed E-state index contributed by atoms with van der Waals surface area (Å²) >= 11 is 0. The molecule has 27 heavy (non-hydrogen) atoms. The molecule has 0 bridgehead atoms. The van der Waals surface area contributed by atoms with E-state index in [1.807, 2.05) is 0 Å². The van der Waals surface area contributed by atoms with Gasteiger partial charge in [0.1, 0.15) is 6.04 Å². The van der Waals surface area contributed by atoms with Gasteiger partial charge in [-0.25, -0.2) is 8.42 Å². The van der Waals surface area contributed by atoms with Crippen LogP contribution in [-0.4, -0.2) is 71.8 Å². The molecule has 0 saturated heterocycles. The predicted octanol–water partition coefficient (Wildman–Crippen LogP) is -1.15. The van der Waals surface area contributed by atoms with Crippen LogP contribution in [0.2, 0.25) is 0 Å². The first kappa shape index (κ1) is 22.8. The summed E-state index contributed by atoms with van der Waals surface area (Å²) in [6.07, 6.45) is -1.29. The molecule has 0 amide bonds. The fourth-order valence-electron chi connectivity index (χ4n) is 2.39. The smallest absolute Gasteiger partial charge is 0.322 e. The molecule has 2 atom stereocenters. The Bertz CT molecular complexity index is 747. The Morgan fingerprint density at radius 1 is 1.26 bits per heavy atom. The molecule has 10 nitrogen and oxygen atoms in total. The van der Waals surface area contributed by atoms with E-state index in [4.69, 9.17) is 16.6 Å². The van der Waals surface area contributed by atoms with Gasteiger partial charge in [-0.2, -0.15) is 4.31 Å². The molecule has 0 saturated carbocycles. The van der Waals surface area contributed by atoms with E-state index in [0.29, 0.717) is 4.31 Å². The fourth-order valence-corrected chi connectivity index (χ4v) is 4.04. The number of aliphatic carboxylic acids is 1. The van der Waals surface area contributed by atoms with Crippen molar-refractivity contribution >= 4 is 22.0 Å². The van der Waals surface area contributed by atoms with Crippen molar-refractivity contribution < 1.29 is 28.5 Å². The largest absolute Gasteiger partial charge is 0.480 e. The van der Waals surface area contributed by atoms with Gasteiger partial charge in [0.2, 0.25) is 10.0 Å². The molecule has 152 valence electrons. The number of hydrogen-bond acceptors (Lipinski definition) is 6. The normalized spacial score (nSPS) is 13.9. The quantitative estimate of drug-likeness (QED) is 0.175. The third-order valence-electron chi connectivity index (χ3n) is 3.79. The van der Waals surface area contributed by atoms with E-state index in [1.54, 1.807) is 19.1 Å². The highest BCUT2D eigenvalue weighted by atomic mass is 32.2. The Hall–Kier alpha value is -2.21. The second kappa shape index (κ2) is 10.2. The molecule has 0 heterocycles. The van der Waals surface area contributed by atoms with E-state index >= 15 is 0 Å². The van der Waals surface area contributed by atoms with Gasteiger partial charge in [-0.3, -0.25) is 9.79 Å². The molecule has 0 aliphatic heterocycles. The first-order valence-electron chi connectivity index (χ1n) is 8.25. The first-order chi connectivity index (χ1) is 12.6. The summed E-state index contributed by atoms with van der Waals surface area (Å²) in [6, 6.07) is 4.44. The summed E-state index contributed by atoms with van der Waals surface area (Å²) in [7, 11) is -4.22. The number of aliphatic hydroxyl groups excluding tert-OH is 2. The molecule has 0 aromatic heterocycles. The van der Waals surface area contributed by atoms with Crippen LogP contribution < -0.4 is 11.5 Å². The molecular formula is C16H26N4O6S. The molecule has 0 aliphatic carbocycles. The van der Waals surface area contributed by atoms with Crippen LogP contribution in [0.1, 0.15) is 18.4 Å². The average Bonchev–Trinajstić information content (AvgIpc) is 2.59. The van der Waals surface area contributed by atoms with E-state index < -0.39 is 41.3 Å². The van der Waals surface area contributed by atoms with E-state index in [-0.39, 0.29) is 30.2 Å². The van der Waals surface area contributed by atoms with Crippen molar-refractivity contribution in [2.45, 2.75) is 36.8 Å². The highest BCUT2D eigenvalue weighted by Crippen LogP contribution is 2.22. The highest BCUT2D eigenvalue weighted by molar-refractivity contribution is 7.89. The molecule has 1 aromatic carbocycles. The van der Waals surface area contributed by atoms with E-state index in [0.717, 1.165) is 5.56 Å². The number of aliphatic hydroxyl groups is 2. The lowest BCUT2D eigenvalue weighted by molar-refractivity contribution is -0.142. The van der Waals surface area contributed by atoms with Gasteiger partial charge in [0.15, 0.2) is 5.96 Å². The second-order valence-electron chi connectivity index (χ2n) is 6.03. The van der Waals surface area contributed by atoms with Crippen LogP contribution in [-0.2, 0) is 14.8 Å². The van der Waals surface area contributed by atoms with Gasteiger partial charge in [0, 0.05) is 13.1 Å². The van der Waals surface area contributed by atoms with Gasteiger partial charge < -0.3 is 26.8 Å². The lowest BCUT2D eigenvalue weighted by Gasteiger charge is -2.29. The van der Waals surface area contributed by atoms with Gasteiger partial charge in [-0.1, -0.05) is 17.7 Å². The number of carbonyl (C=O) groups is 1. The molecule has 1 unspecified atom stereocenters. The lowest BCUT2D eigenvalue weighted by atomic mass is 10.1. The summed E-state index contributed by atoms with van der Waals surface area (Å²) in [6.45, 7) is 0.646. The lowest BCUT2D eigenvalue weighted by Crippen LogP contribution is -2.49. The standard InChI is InChI=1S/C16H26N4O6S/c1-11-4-6-13(7-5-11)27(25,26)20(9-12(22)10-21)14(15(23)24)3-2-8-19-16(17)18/h4-7,12,14,21-22H,2-3,8-10H2,1H3,(H,23,24)(H4,17,18,19)/t12?,14-/m0/s1. The Kier molecular flexibility index (Phi) is 8.63. The minimum Gasteiger partial charge on any atom is -0.480 e. The topological polar surface area (TPSA) is 180 Å². The molecule has 11 heteroatoms. The van der Waals surface area contributed by atoms with Gasteiger partial charge in [-0.15, -0.1) is 0 Å². The summed E-state index contributed by atoms with van der Waals surface area (Å²) < 4.78 is 26.7. The number of aryl methyl sites for hydroxylation is 1. The second-order valence-corrected chi connectivity index (χ2v) is 7.92. The number of carboxylic acid groups (broad SMARTS) is 1. The summed E-state index contributed by atoms with van der Waals surface area (Å²) in [4.78, 5) is 15.4. The summed E-state index contributed by atoms with van der Waals surface area (Å²) in [5.41, 5.74) is 11.3. The number of carboxylic acids is 1. The van der Waals surface area contributed by atoms with Crippen LogP contribution in [0.15, 0.2) is 34.2 Å². The molecule has 7 N–H and O–H groups in total. The molecule has 1 rings (SSSR count). The Balaban J connectivity index is 3.20. The van der Waals surface area contributed by atoms with Gasteiger partial charge in [0.05, 0.1) is 17.6 Å². The predicted molar refractivity (Wildman–Crippen MR) is 99.5 cm³/mol. The van der Waals surface area contributed by atoms with Gasteiger partial charge in [-0.05, 0) is 31.9 Å². The number of nitrogens with zero attached hydrogens (tertiary/aromatic N) is 2. The van der Waals surface area contributed by atoms with Crippen LogP contribution in [0.4, 0.5) is 0 Å². The maximum atomic E-state index is 13.0. The molecule has 0 fully saturated rings. The van der Waals surface area contributed by atoms with E-state index in [1.165, 1.54) is 12.1 Å². The van der Waals surface area contributed by atoms with Gasteiger partial charge >= 0.3 is 5.97 Å². The third kappa shape index (κ3) is 6.79. The summed E-state index contributed by atoms with van der Waals surface area (Å²) in [5.74, 6) is -1.53. The van der Waals surface area contributed by atoms with Crippen LogP contribution in [0, 0.1) is 6.92 Å². The monoisotopic (exact) mass is 402 g/mol. The van der Waals surface area contributed by atoms with Crippen molar-refractivity contribution in [3.63, 3.8) is 0 Å². The minimum atomic E-state index is -4.22. The van der Waals surface area contributed by atoms with Crippen molar-refractivity contribution in [1.82, 2.24) is 4.31 Å². The SMILES string of the molecule is Cc1ccc(S(=O)(=O)N(CC(O)CO)[C@@H](CCCN=C(N)N)C(=O)O)cc1. The Morgan fingerprint density at radius 2 is 1.85 bits per heavy atom. The zero-order chi connectivity index (χ0) is 20.6. The van der Waals surface area contributed by atoms with Crippen LogP contribution in [0.3, 0.4) is 0 Å². The third-order valence-corrected chi connectivity index (χ3v) is 5.68. The Morgan fingerprint density at radius 3 is 2.33 bits per heavy atom. The Labute approximate surface area is 158 Å². The maximum Gasteiger partial charge on any atom is 0.322 e. The molecule has 1 aromatic rings. The van der Waals surface area contributed by atoms with E-state index in [9.17, 15) is 23.4 Å². The average molecular weight is 402 g/mol. The number of benzene rings is 1. The van der Waals surface area contributed by atoms with E-state index in [2.05, 4.69) is 4.99 Å². The van der Waals surface area contributed by atoms with Crippen molar-refractivity contribution in [2.75, 3.05) is 19.7 Å². The van der Waals surface area contributed by atoms with Crippen LogP contribution >= 0.6 is 0 Å². The maximum absolute atomic E-state index is 13.0. The van der Waals surface area contributed by atoms with Crippen molar-refractivity contribution in [1.29, 1.82) is 0 Å². The molecular weight excluding hydrogens is 376 g/mol. The number of sulfonamides is 1. The fraction of sp³-hybridized carbons (Fsp3) is 0.500. The number of aliphatic imine (C=N–C) groups is 1.